The lowest BCUT2D eigenvalue weighted by molar-refractivity contribution is -0.122. The first-order valence-electron chi connectivity index (χ1n) is 12.6. The number of halogens is 1. The Morgan fingerprint density at radius 2 is 1.88 bits per heavy atom. The van der Waals surface area contributed by atoms with Gasteiger partial charge in [0, 0.05) is 41.4 Å². The van der Waals surface area contributed by atoms with Crippen LogP contribution in [-0.4, -0.2) is 36.8 Å². The Hall–Kier alpha value is -4.15. The lowest BCUT2D eigenvalue weighted by Crippen LogP contribution is -2.33. The number of hydrogen-bond acceptors (Lipinski definition) is 7. The first-order valence-corrected chi connectivity index (χ1v) is 14.2. The molecule has 4 rings (SSSR count). The van der Waals surface area contributed by atoms with Crippen molar-refractivity contribution >= 4 is 63.3 Å². The number of nitrogens with zero attached hydrogens (tertiary/aromatic N) is 1. The van der Waals surface area contributed by atoms with Gasteiger partial charge in [-0.05, 0) is 84.3 Å². The van der Waals surface area contributed by atoms with Crippen molar-refractivity contribution in [2.45, 2.75) is 24.4 Å². The third kappa shape index (κ3) is 6.88. The van der Waals surface area contributed by atoms with Crippen molar-refractivity contribution < 1.29 is 14.3 Å². The van der Waals surface area contributed by atoms with Crippen LogP contribution in [0.1, 0.15) is 24.1 Å². The van der Waals surface area contributed by atoms with Crippen molar-refractivity contribution in [3.05, 3.63) is 83.0 Å². The van der Waals surface area contributed by atoms with Crippen LogP contribution in [0.15, 0.2) is 71.8 Å². The number of fused-ring (bicyclic) bond motifs is 1. The summed E-state index contributed by atoms with van der Waals surface area (Å²) in [6.45, 7) is 2.56. The van der Waals surface area contributed by atoms with Gasteiger partial charge in [0.2, 0.25) is 5.91 Å². The highest BCUT2D eigenvalue weighted by molar-refractivity contribution is 7.98. The number of thioether (sulfide) groups is 1. The summed E-state index contributed by atoms with van der Waals surface area (Å²) in [5, 5.41) is 13.9. The quantitative estimate of drug-likeness (QED) is 0.150. The molecule has 1 unspecified atom stereocenters. The molecule has 1 aromatic heterocycles. The molecule has 4 aromatic rings. The molecule has 11 heteroatoms. The van der Waals surface area contributed by atoms with Crippen molar-refractivity contribution in [3.63, 3.8) is 0 Å². The maximum atomic E-state index is 13.7. The number of carbonyl (C=O) groups excluding carboxylic acids is 2. The number of pyridine rings is 1. The maximum absolute atomic E-state index is 13.7. The molecule has 1 heterocycles. The van der Waals surface area contributed by atoms with Crippen LogP contribution < -0.4 is 31.7 Å². The van der Waals surface area contributed by atoms with E-state index in [-0.39, 0.29) is 18.5 Å². The average Bonchev–Trinajstić information content (AvgIpc) is 2.96. The summed E-state index contributed by atoms with van der Waals surface area (Å²) in [6, 6.07) is 17.3. The summed E-state index contributed by atoms with van der Waals surface area (Å²) in [5.74, 6) is 0.683. The van der Waals surface area contributed by atoms with Crippen LogP contribution in [0.25, 0.3) is 10.8 Å². The number of urea groups is 1. The molecule has 0 bridgehead atoms. The number of aromatic nitrogens is 1. The van der Waals surface area contributed by atoms with E-state index in [4.69, 9.17) is 22.1 Å². The van der Waals surface area contributed by atoms with E-state index in [1.807, 2.05) is 55.6 Å². The van der Waals surface area contributed by atoms with Crippen LogP contribution in [0.3, 0.4) is 0 Å². The zero-order valence-electron chi connectivity index (χ0n) is 22.4. The fraction of sp³-hybridized carbons (Fsp3) is 0.207. The Morgan fingerprint density at radius 1 is 1.07 bits per heavy atom. The van der Waals surface area contributed by atoms with Crippen molar-refractivity contribution in [1.29, 1.82) is 0 Å². The van der Waals surface area contributed by atoms with Crippen LogP contribution in [0.5, 0.6) is 5.75 Å². The zero-order chi connectivity index (χ0) is 28.6. The first-order chi connectivity index (χ1) is 19.3. The highest BCUT2D eigenvalue weighted by Crippen LogP contribution is 2.31. The summed E-state index contributed by atoms with van der Waals surface area (Å²) < 4.78 is 5.69. The molecule has 0 saturated heterocycles. The van der Waals surface area contributed by atoms with Gasteiger partial charge in [-0.2, -0.15) is 0 Å². The average molecular weight is 579 g/mol. The smallest absolute Gasteiger partial charge is 0.318 e. The van der Waals surface area contributed by atoms with Crippen molar-refractivity contribution in [3.8, 4) is 5.75 Å². The van der Waals surface area contributed by atoms with Gasteiger partial charge in [-0.3, -0.25) is 4.79 Å². The van der Waals surface area contributed by atoms with Gasteiger partial charge in [0.05, 0.1) is 11.6 Å². The van der Waals surface area contributed by atoms with Gasteiger partial charge in [-0.15, -0.1) is 11.8 Å². The standard InChI is InChI=1S/C29H31ClN6O3S/c1-4-39-24-15-18(5-9-23(24)30)26(35-20-6-8-22-17(13-20)11-12-33-27(22)31)28(37)34-16-19-14-21(36-29(38)32-2)7-10-25(19)40-3/h5-15,26,35H,4,16H2,1-3H3,(H2,31,33)(H,34,37)(H2,32,36,38). The summed E-state index contributed by atoms with van der Waals surface area (Å²) in [6.07, 6.45) is 3.61. The third-order valence-electron chi connectivity index (χ3n) is 6.18. The number of anilines is 3. The number of rotatable bonds is 10. The highest BCUT2D eigenvalue weighted by Gasteiger charge is 2.23. The Morgan fingerprint density at radius 3 is 2.62 bits per heavy atom. The summed E-state index contributed by atoms with van der Waals surface area (Å²) in [4.78, 5) is 30.7. The molecular formula is C29H31ClN6O3S. The molecule has 3 amide bonds. The molecule has 1 atom stereocenters. The largest absolute Gasteiger partial charge is 0.492 e. The minimum absolute atomic E-state index is 0.252. The Labute approximate surface area is 242 Å². The van der Waals surface area contributed by atoms with Gasteiger partial charge in [0.15, 0.2) is 0 Å². The van der Waals surface area contributed by atoms with Gasteiger partial charge in [0.25, 0.3) is 0 Å². The summed E-state index contributed by atoms with van der Waals surface area (Å²) in [5.41, 5.74) is 8.92. The van der Waals surface area contributed by atoms with E-state index in [1.54, 1.807) is 43.2 Å². The van der Waals surface area contributed by atoms with E-state index in [2.05, 4.69) is 26.3 Å². The fourth-order valence-electron chi connectivity index (χ4n) is 4.20. The maximum Gasteiger partial charge on any atom is 0.318 e. The molecule has 0 fully saturated rings. The molecular weight excluding hydrogens is 548 g/mol. The molecule has 40 heavy (non-hydrogen) atoms. The predicted molar refractivity (Wildman–Crippen MR) is 163 cm³/mol. The van der Waals surface area contributed by atoms with Gasteiger partial charge >= 0.3 is 6.03 Å². The normalized spacial score (nSPS) is 11.5. The van der Waals surface area contributed by atoms with E-state index in [1.165, 1.54) is 0 Å². The predicted octanol–water partition coefficient (Wildman–Crippen LogP) is 5.81. The van der Waals surface area contributed by atoms with E-state index in [0.717, 1.165) is 26.9 Å². The molecule has 0 saturated carbocycles. The van der Waals surface area contributed by atoms with E-state index >= 15 is 0 Å². The SMILES string of the molecule is CCOc1cc(C(Nc2ccc3c(N)nccc3c2)C(=O)NCc2cc(NC(=O)NC)ccc2SC)ccc1Cl. The minimum Gasteiger partial charge on any atom is -0.492 e. The topological polar surface area (TPSA) is 130 Å². The number of carbonyl (C=O) groups is 2. The molecule has 3 aromatic carbocycles. The molecule has 0 aliphatic rings. The zero-order valence-corrected chi connectivity index (χ0v) is 24.0. The monoisotopic (exact) mass is 578 g/mol. The number of hydrogen-bond donors (Lipinski definition) is 5. The number of ether oxygens (including phenoxy) is 1. The van der Waals surface area contributed by atoms with Crippen molar-refractivity contribution in [1.82, 2.24) is 15.6 Å². The van der Waals surface area contributed by atoms with Crippen LogP contribution >= 0.6 is 23.4 Å². The van der Waals surface area contributed by atoms with E-state index < -0.39 is 6.04 Å². The van der Waals surface area contributed by atoms with Crippen LogP contribution in [0.4, 0.5) is 22.0 Å². The van der Waals surface area contributed by atoms with Gasteiger partial charge < -0.3 is 31.7 Å². The van der Waals surface area contributed by atoms with Gasteiger partial charge in [-0.25, -0.2) is 9.78 Å². The molecule has 0 spiro atoms. The Balaban J connectivity index is 1.63. The number of nitrogens with one attached hydrogen (secondary N) is 4. The first kappa shape index (κ1) is 28.8. The van der Waals surface area contributed by atoms with Crippen molar-refractivity contribution in [2.75, 3.05) is 36.3 Å². The second-order valence-electron chi connectivity index (χ2n) is 8.78. The van der Waals surface area contributed by atoms with Gasteiger partial charge in [0.1, 0.15) is 17.6 Å². The summed E-state index contributed by atoms with van der Waals surface area (Å²) in [7, 11) is 1.55. The van der Waals surface area contributed by atoms with E-state index in [0.29, 0.717) is 34.4 Å². The molecule has 9 nitrogen and oxygen atoms in total. The number of nitrogens with two attached hydrogens (primary N) is 1. The number of nitrogen functional groups attached to an aromatic ring is 1. The highest BCUT2D eigenvalue weighted by atomic mass is 35.5. The Kier molecular flexibility index (Phi) is 9.57. The summed E-state index contributed by atoms with van der Waals surface area (Å²) >= 11 is 7.89. The minimum atomic E-state index is -0.766. The molecule has 6 N–H and O–H groups in total. The van der Waals surface area contributed by atoms with Crippen LogP contribution in [0, 0.1) is 0 Å². The fourth-order valence-corrected chi connectivity index (χ4v) is 4.97. The third-order valence-corrected chi connectivity index (χ3v) is 7.33. The van der Waals surface area contributed by atoms with E-state index in [9.17, 15) is 9.59 Å². The molecule has 0 aliphatic heterocycles. The molecule has 0 aliphatic carbocycles. The van der Waals surface area contributed by atoms with Crippen molar-refractivity contribution in [2.24, 2.45) is 0 Å². The lowest BCUT2D eigenvalue weighted by atomic mass is 10.0. The molecule has 0 radical (unpaired) electrons. The Bertz CT molecular complexity index is 1530. The second-order valence-corrected chi connectivity index (χ2v) is 10.0. The number of benzene rings is 3. The van der Waals surface area contributed by atoms with Crippen LogP contribution in [-0.2, 0) is 11.3 Å². The molecule has 208 valence electrons. The number of amides is 3. The van der Waals surface area contributed by atoms with Gasteiger partial charge in [-0.1, -0.05) is 17.7 Å². The van der Waals surface area contributed by atoms with Crippen LogP contribution in [0.2, 0.25) is 5.02 Å². The second kappa shape index (κ2) is 13.3. The lowest BCUT2D eigenvalue weighted by Gasteiger charge is -2.22.